The van der Waals surface area contributed by atoms with E-state index in [4.69, 9.17) is 6.11 Å². The number of hydrogen-bond acceptors (Lipinski definition) is 4. The largest absolute Gasteiger partial charge is 0.458 e. The Hall–Kier alpha value is -1.91. The number of rotatable bonds is 4. The summed E-state index contributed by atoms with van der Waals surface area (Å²) < 4.78 is 11.9. The summed E-state index contributed by atoms with van der Waals surface area (Å²) in [7, 11) is 0. The Bertz CT molecular complexity index is 404. The molecule has 86 valence electrons. The molecule has 0 aromatic heterocycles. The number of non-ortho nitro benzene ring substituents is 1. The fourth-order valence-corrected chi connectivity index (χ4v) is 1.36. The Morgan fingerprint density at radius 2 is 2.19 bits per heavy atom. The lowest BCUT2D eigenvalue weighted by Crippen LogP contribution is -2.07. The zero-order valence-corrected chi connectivity index (χ0v) is 8.88. The monoisotopic (exact) mass is 224 g/mol. The van der Waals surface area contributed by atoms with Crippen LogP contribution in [0.3, 0.4) is 0 Å². The van der Waals surface area contributed by atoms with Crippen LogP contribution in [0.1, 0.15) is 33.3 Å². The van der Waals surface area contributed by atoms with Gasteiger partial charge in [-0.15, -0.1) is 0 Å². The fraction of sp³-hybridized carbons (Fsp3) is 0.364. The van der Waals surface area contributed by atoms with Gasteiger partial charge in [0.05, 0.1) is 4.92 Å². The normalized spacial score (nSPS) is 12.7. The zero-order chi connectivity index (χ0) is 12.8. The Morgan fingerprint density at radius 1 is 1.56 bits per heavy atom. The fourth-order valence-electron chi connectivity index (χ4n) is 1.36. The van der Waals surface area contributed by atoms with Crippen LogP contribution in [0.2, 0.25) is 0 Å². The molecule has 1 rings (SSSR count). The van der Waals surface area contributed by atoms with Crippen molar-refractivity contribution in [1.82, 2.24) is 0 Å². The Labute approximate surface area is 94.6 Å². The Kier molecular flexibility index (Phi) is 3.48. The third-order valence-electron chi connectivity index (χ3n) is 2.12. The van der Waals surface area contributed by atoms with Gasteiger partial charge in [-0.3, -0.25) is 14.9 Å². The number of hydrogen-bond donors (Lipinski definition) is 0. The van der Waals surface area contributed by atoms with Crippen LogP contribution >= 0.6 is 0 Å². The topological polar surface area (TPSA) is 69.4 Å². The first kappa shape index (κ1) is 10.6. The van der Waals surface area contributed by atoms with Crippen LogP contribution in [-0.4, -0.2) is 10.9 Å². The highest BCUT2D eigenvalue weighted by molar-refractivity contribution is 5.66. The van der Waals surface area contributed by atoms with E-state index in [2.05, 4.69) is 0 Å². The van der Waals surface area contributed by atoms with Gasteiger partial charge in [-0.05, 0) is 24.1 Å². The molecule has 0 saturated carbocycles. The molecule has 0 N–H and O–H groups in total. The standard InChI is InChI=1S/C11H13NO4/c1-3-11(16-8(2)13)9-4-6-10(7-5-9)12(14)15/h4-7,11H,3H2,1-2H3/i2D. The highest BCUT2D eigenvalue weighted by Crippen LogP contribution is 2.23. The summed E-state index contributed by atoms with van der Waals surface area (Å²) in [6.07, 6.45) is 0.109. The minimum absolute atomic E-state index is 0.00424. The summed E-state index contributed by atoms with van der Waals surface area (Å²) in [5.41, 5.74) is 0.690. The SMILES string of the molecule is [2H]CC(=O)OC(CC)c1ccc([N+](=O)[O-])cc1. The smallest absolute Gasteiger partial charge is 0.303 e. The maximum atomic E-state index is 11.0. The predicted octanol–water partition coefficient (Wildman–Crippen LogP) is 2.61. The van der Waals surface area contributed by atoms with Crippen LogP contribution < -0.4 is 0 Å². The minimum atomic E-state index is -0.602. The molecule has 5 heteroatoms. The summed E-state index contributed by atoms with van der Waals surface area (Å²) in [5.74, 6) is -0.602. The van der Waals surface area contributed by atoms with E-state index in [1.54, 1.807) is 12.1 Å². The van der Waals surface area contributed by atoms with Gasteiger partial charge < -0.3 is 4.74 Å². The lowest BCUT2D eigenvalue weighted by atomic mass is 10.1. The molecule has 0 heterocycles. The van der Waals surface area contributed by atoms with Crippen LogP contribution in [0.5, 0.6) is 0 Å². The van der Waals surface area contributed by atoms with Crippen LogP contribution in [-0.2, 0) is 9.53 Å². The van der Waals surface area contributed by atoms with E-state index in [0.29, 0.717) is 12.0 Å². The maximum absolute atomic E-state index is 11.0. The van der Waals surface area contributed by atoms with E-state index in [-0.39, 0.29) is 5.69 Å². The highest BCUT2D eigenvalue weighted by atomic mass is 16.6. The number of ether oxygens (including phenoxy) is 1. The third kappa shape index (κ3) is 3.05. The van der Waals surface area contributed by atoms with E-state index in [1.807, 2.05) is 6.92 Å². The number of nitrogens with zero attached hydrogens (tertiary/aromatic N) is 1. The number of carbonyl (C=O) groups is 1. The number of nitro benzene ring substituents is 1. The van der Waals surface area contributed by atoms with Gasteiger partial charge in [-0.1, -0.05) is 6.92 Å². The van der Waals surface area contributed by atoms with Crippen molar-refractivity contribution in [1.29, 1.82) is 0 Å². The quantitative estimate of drug-likeness (QED) is 0.447. The van der Waals surface area contributed by atoms with E-state index in [1.165, 1.54) is 12.1 Å². The lowest BCUT2D eigenvalue weighted by Gasteiger charge is -2.14. The maximum Gasteiger partial charge on any atom is 0.303 e. The van der Waals surface area contributed by atoms with Crippen molar-refractivity contribution in [2.24, 2.45) is 0 Å². The molecule has 1 atom stereocenters. The molecule has 16 heavy (non-hydrogen) atoms. The Morgan fingerprint density at radius 3 is 2.62 bits per heavy atom. The van der Waals surface area contributed by atoms with Crippen molar-refractivity contribution in [2.75, 3.05) is 0 Å². The summed E-state index contributed by atoms with van der Waals surface area (Å²) in [4.78, 5) is 21.0. The van der Waals surface area contributed by atoms with Crippen molar-refractivity contribution in [3.05, 3.63) is 39.9 Å². The molecule has 1 aromatic carbocycles. The average Bonchev–Trinajstić information content (AvgIpc) is 2.35. The first-order valence-electron chi connectivity index (χ1n) is 5.52. The van der Waals surface area contributed by atoms with Gasteiger partial charge in [0.25, 0.3) is 5.69 Å². The predicted molar refractivity (Wildman–Crippen MR) is 57.9 cm³/mol. The molecular weight excluding hydrogens is 210 g/mol. The van der Waals surface area contributed by atoms with Crippen molar-refractivity contribution in [3.8, 4) is 0 Å². The second kappa shape index (κ2) is 5.25. The van der Waals surface area contributed by atoms with Crippen molar-refractivity contribution < 1.29 is 15.8 Å². The van der Waals surface area contributed by atoms with Gasteiger partial charge in [-0.2, -0.15) is 0 Å². The van der Waals surface area contributed by atoms with E-state index in [9.17, 15) is 14.9 Å². The lowest BCUT2D eigenvalue weighted by molar-refractivity contribution is -0.384. The van der Waals surface area contributed by atoms with Crippen molar-refractivity contribution >= 4 is 11.7 Å². The number of esters is 1. The molecular formula is C11H13NO4. The van der Waals surface area contributed by atoms with Crippen molar-refractivity contribution in [2.45, 2.75) is 26.3 Å². The Balaban J connectivity index is 2.82. The van der Waals surface area contributed by atoms with Gasteiger partial charge in [0.15, 0.2) is 0 Å². The van der Waals surface area contributed by atoms with E-state index in [0.717, 1.165) is 0 Å². The molecule has 1 unspecified atom stereocenters. The molecule has 0 aliphatic carbocycles. The zero-order valence-electron chi connectivity index (χ0n) is 9.88. The summed E-state index contributed by atoms with van der Waals surface area (Å²) in [6, 6.07) is 5.85. The summed E-state index contributed by atoms with van der Waals surface area (Å²) in [6.45, 7) is 1.41. The van der Waals surface area contributed by atoms with Gasteiger partial charge >= 0.3 is 5.97 Å². The van der Waals surface area contributed by atoms with Gasteiger partial charge in [0, 0.05) is 20.4 Å². The van der Waals surface area contributed by atoms with Crippen LogP contribution in [0, 0.1) is 10.1 Å². The van der Waals surface area contributed by atoms with Crippen LogP contribution in [0.15, 0.2) is 24.3 Å². The van der Waals surface area contributed by atoms with Crippen LogP contribution in [0.25, 0.3) is 0 Å². The molecule has 0 fully saturated rings. The molecule has 0 aliphatic heterocycles. The summed E-state index contributed by atoms with van der Waals surface area (Å²) in [5, 5.41) is 10.5. The van der Waals surface area contributed by atoms with Crippen LogP contribution in [0.4, 0.5) is 5.69 Å². The van der Waals surface area contributed by atoms with Gasteiger partial charge in [0.2, 0.25) is 0 Å². The molecule has 0 spiro atoms. The van der Waals surface area contributed by atoms with E-state index < -0.39 is 23.9 Å². The average molecular weight is 224 g/mol. The van der Waals surface area contributed by atoms with Gasteiger partial charge in [0.1, 0.15) is 6.10 Å². The van der Waals surface area contributed by atoms with Gasteiger partial charge in [-0.25, -0.2) is 0 Å². The molecule has 0 saturated heterocycles. The number of benzene rings is 1. The summed E-state index contributed by atoms with van der Waals surface area (Å²) >= 11 is 0. The molecule has 0 aliphatic rings. The molecule has 0 radical (unpaired) electrons. The first-order valence-corrected chi connectivity index (χ1v) is 4.81. The highest BCUT2D eigenvalue weighted by Gasteiger charge is 2.13. The molecule has 0 amide bonds. The second-order valence-corrected chi connectivity index (χ2v) is 3.24. The minimum Gasteiger partial charge on any atom is -0.458 e. The number of carbonyl (C=O) groups excluding carboxylic acids is 1. The molecule has 1 aromatic rings. The third-order valence-corrected chi connectivity index (χ3v) is 2.12. The molecule has 0 bridgehead atoms. The second-order valence-electron chi connectivity index (χ2n) is 3.24. The van der Waals surface area contributed by atoms with E-state index >= 15 is 0 Å². The van der Waals surface area contributed by atoms with Crippen molar-refractivity contribution in [3.63, 3.8) is 0 Å². The number of nitro groups is 1. The molecule has 5 nitrogen and oxygen atoms in total. The first-order chi connectivity index (χ1) is 8.08.